The molecule has 0 N–H and O–H groups in total. The van der Waals surface area contributed by atoms with E-state index >= 15 is 0 Å². The van der Waals surface area contributed by atoms with Crippen molar-refractivity contribution in [1.82, 2.24) is 0 Å². The molecule has 0 bridgehead atoms. The summed E-state index contributed by atoms with van der Waals surface area (Å²) in [4.78, 5) is 36.9. The van der Waals surface area contributed by atoms with Crippen LogP contribution in [0, 0.1) is 28.6 Å². The van der Waals surface area contributed by atoms with Gasteiger partial charge in [0.25, 0.3) is 0 Å². The zero-order valence-corrected chi connectivity index (χ0v) is 22.8. The normalized spacial score (nSPS) is 36.6. The van der Waals surface area contributed by atoms with Crippen LogP contribution >= 0.6 is 0 Å². The fourth-order valence-electron chi connectivity index (χ4n) is 6.24. The number of hydrogen-bond donors (Lipinski definition) is 0. The van der Waals surface area contributed by atoms with Crippen LogP contribution in [0.25, 0.3) is 0 Å². The molecule has 3 rings (SSSR count). The Morgan fingerprint density at radius 3 is 2.44 bits per heavy atom. The lowest BCUT2D eigenvalue weighted by atomic mass is 9.46. The molecule has 0 aromatic heterocycles. The molecule has 1 aliphatic heterocycles. The molecule has 0 unspecified atom stereocenters. The highest BCUT2D eigenvalue weighted by molar-refractivity contribution is 5.72. The maximum absolute atomic E-state index is 12.8. The maximum atomic E-state index is 12.8. The summed E-state index contributed by atoms with van der Waals surface area (Å²) in [6.07, 6.45) is 7.17. The van der Waals surface area contributed by atoms with Crippen LogP contribution in [-0.2, 0) is 33.3 Å². The molecule has 0 aromatic carbocycles. The van der Waals surface area contributed by atoms with Crippen LogP contribution in [0.5, 0.6) is 0 Å². The van der Waals surface area contributed by atoms with E-state index in [4.69, 9.17) is 18.9 Å². The van der Waals surface area contributed by atoms with Crippen LogP contribution < -0.4 is 0 Å². The van der Waals surface area contributed by atoms with Crippen molar-refractivity contribution in [2.75, 3.05) is 0 Å². The van der Waals surface area contributed by atoms with Gasteiger partial charge in [-0.2, -0.15) is 0 Å². The summed E-state index contributed by atoms with van der Waals surface area (Å²) in [5.41, 5.74) is 0.925. The zero-order valence-electron chi connectivity index (χ0n) is 22.8. The van der Waals surface area contributed by atoms with E-state index in [0.717, 1.165) is 24.0 Å². The molecule has 200 valence electrons. The lowest BCUT2D eigenvalue weighted by Crippen LogP contribution is -2.57. The topological polar surface area (TPSA) is 88.1 Å². The summed E-state index contributed by atoms with van der Waals surface area (Å²) in [5, 5.41) is 0. The molecule has 1 heterocycles. The number of allylic oxidation sites excluding steroid dienone is 3. The van der Waals surface area contributed by atoms with Crippen LogP contribution in [0.1, 0.15) is 80.6 Å². The smallest absolute Gasteiger partial charge is 0.309 e. The van der Waals surface area contributed by atoms with E-state index in [0.29, 0.717) is 25.2 Å². The fraction of sp³-hybridized carbons (Fsp3) is 0.690. The molecule has 36 heavy (non-hydrogen) atoms. The number of rotatable bonds is 8. The van der Waals surface area contributed by atoms with Crippen LogP contribution in [0.4, 0.5) is 0 Å². The van der Waals surface area contributed by atoms with Crippen molar-refractivity contribution in [2.45, 2.75) is 99.3 Å². The molecule has 2 aliphatic carbocycles. The Morgan fingerprint density at radius 2 is 1.86 bits per heavy atom. The molecule has 7 heteroatoms. The third-order valence-corrected chi connectivity index (χ3v) is 8.84. The number of ether oxygens (including phenoxy) is 4. The fourth-order valence-corrected chi connectivity index (χ4v) is 6.24. The average Bonchev–Trinajstić information content (AvgIpc) is 3.10. The van der Waals surface area contributed by atoms with Crippen LogP contribution in [0.2, 0.25) is 0 Å². The van der Waals surface area contributed by atoms with E-state index in [1.165, 1.54) is 13.8 Å². The lowest BCUT2D eigenvalue weighted by molar-refractivity contribution is -0.235. The molecule has 1 saturated heterocycles. The number of esters is 3. The van der Waals surface area contributed by atoms with Gasteiger partial charge in [0.2, 0.25) is 12.6 Å². The first-order valence-corrected chi connectivity index (χ1v) is 13.1. The second-order valence-electron chi connectivity index (χ2n) is 11.1. The number of carbonyl (C=O) groups is 3. The Labute approximate surface area is 215 Å². The van der Waals surface area contributed by atoms with E-state index < -0.39 is 36.0 Å². The summed E-state index contributed by atoms with van der Waals surface area (Å²) >= 11 is 0. The van der Waals surface area contributed by atoms with Crippen molar-refractivity contribution in [3.05, 3.63) is 36.0 Å². The summed E-state index contributed by atoms with van der Waals surface area (Å²) in [5.74, 6) is -1.13. The zero-order chi connectivity index (χ0) is 26.8. The van der Waals surface area contributed by atoms with Crippen molar-refractivity contribution >= 4 is 17.9 Å². The van der Waals surface area contributed by atoms with Crippen molar-refractivity contribution in [3.8, 4) is 0 Å². The van der Waals surface area contributed by atoms with Gasteiger partial charge >= 0.3 is 17.9 Å². The van der Waals surface area contributed by atoms with Crippen molar-refractivity contribution in [2.24, 2.45) is 28.6 Å². The van der Waals surface area contributed by atoms with E-state index in [-0.39, 0.29) is 23.2 Å². The van der Waals surface area contributed by atoms with Gasteiger partial charge in [0.1, 0.15) is 6.10 Å². The van der Waals surface area contributed by atoms with Crippen molar-refractivity contribution < 1.29 is 33.3 Å². The molecular weight excluding hydrogens is 460 g/mol. The van der Waals surface area contributed by atoms with Crippen LogP contribution in [0.3, 0.4) is 0 Å². The minimum Gasteiger partial charge on any atom is -0.458 e. The summed E-state index contributed by atoms with van der Waals surface area (Å²) in [6, 6.07) is 0. The van der Waals surface area contributed by atoms with Gasteiger partial charge in [-0.1, -0.05) is 52.0 Å². The highest BCUT2D eigenvalue weighted by atomic mass is 16.8. The molecule has 7 nitrogen and oxygen atoms in total. The van der Waals surface area contributed by atoms with Crippen LogP contribution in [0.15, 0.2) is 36.0 Å². The van der Waals surface area contributed by atoms with Gasteiger partial charge in [-0.15, -0.1) is 0 Å². The third kappa shape index (κ3) is 5.17. The molecule has 0 radical (unpaired) electrons. The van der Waals surface area contributed by atoms with Crippen LogP contribution in [-0.4, -0.2) is 36.6 Å². The Balaban J connectivity index is 2.16. The summed E-state index contributed by atoms with van der Waals surface area (Å²) in [6.45, 7) is 16.9. The predicted octanol–water partition coefficient (Wildman–Crippen LogP) is 5.64. The monoisotopic (exact) mass is 502 g/mol. The van der Waals surface area contributed by atoms with Gasteiger partial charge in [0, 0.05) is 19.4 Å². The molecule has 3 aliphatic rings. The van der Waals surface area contributed by atoms with Gasteiger partial charge in [-0.3, -0.25) is 19.1 Å². The quantitative estimate of drug-likeness (QED) is 0.184. The lowest BCUT2D eigenvalue weighted by Gasteiger charge is -2.58. The molecule has 2 fully saturated rings. The van der Waals surface area contributed by atoms with E-state index in [2.05, 4.69) is 26.5 Å². The Morgan fingerprint density at radius 1 is 1.19 bits per heavy atom. The molecule has 0 amide bonds. The van der Waals surface area contributed by atoms with Gasteiger partial charge in [-0.25, -0.2) is 0 Å². The first-order valence-electron chi connectivity index (χ1n) is 13.1. The molecule has 1 spiro atoms. The molecule has 8 atom stereocenters. The first kappa shape index (κ1) is 28.2. The second kappa shape index (κ2) is 10.9. The highest BCUT2D eigenvalue weighted by Gasteiger charge is 2.67. The molecular formula is C29H42O7. The molecule has 0 aromatic rings. The first-order chi connectivity index (χ1) is 16.9. The largest absolute Gasteiger partial charge is 0.458 e. The summed E-state index contributed by atoms with van der Waals surface area (Å²) < 4.78 is 23.5. The van der Waals surface area contributed by atoms with Gasteiger partial charge < -0.3 is 14.2 Å². The Hall–Kier alpha value is -2.41. The van der Waals surface area contributed by atoms with Gasteiger partial charge in [-0.05, 0) is 62.4 Å². The van der Waals surface area contributed by atoms with Gasteiger partial charge in [0.15, 0.2) is 0 Å². The third-order valence-electron chi connectivity index (χ3n) is 8.84. The highest BCUT2D eigenvalue weighted by Crippen LogP contribution is 2.67. The molecule has 1 saturated carbocycles. The maximum Gasteiger partial charge on any atom is 0.309 e. The standard InChI is InChI=1S/C29H42O7/c1-9-17(3)11-13-28(8)19(5)12-14-29-23(26(33-20(6)30)36-27(29)34-21(7)31)15-22(16-24(28)29)35-25(32)18(4)10-2/h9,11,15,18-19,22,24,26-27H,1,10,12-14,16H2,2-8H3/b17-11+/t18-,19+,22-,24-,26-,27+,28+,29-/m1/s1. The SMILES string of the molecule is C=C/C(C)=C/C[C@]1(C)[C@H]2C[C@H](OC(=O)[C@H](C)CC)C=C3[C@H](OC(C)=O)O[C@H](OC(C)=O)[C@]32CC[C@@H]1C. The Bertz CT molecular complexity index is 949. The minimum absolute atomic E-state index is 0.0535. The predicted molar refractivity (Wildman–Crippen MR) is 135 cm³/mol. The Kier molecular flexibility index (Phi) is 8.54. The average molecular weight is 503 g/mol. The number of hydrogen-bond acceptors (Lipinski definition) is 7. The van der Waals surface area contributed by atoms with E-state index in [1.807, 2.05) is 32.9 Å². The summed E-state index contributed by atoms with van der Waals surface area (Å²) in [7, 11) is 0. The second-order valence-corrected chi connectivity index (χ2v) is 11.1. The van der Waals surface area contributed by atoms with E-state index in [1.54, 1.807) is 0 Å². The van der Waals surface area contributed by atoms with Crippen molar-refractivity contribution in [1.29, 1.82) is 0 Å². The minimum atomic E-state index is -0.998. The van der Waals surface area contributed by atoms with Gasteiger partial charge in [0.05, 0.1) is 11.3 Å². The van der Waals surface area contributed by atoms with Crippen molar-refractivity contribution in [3.63, 3.8) is 0 Å². The van der Waals surface area contributed by atoms with E-state index in [9.17, 15) is 14.4 Å². The number of carbonyl (C=O) groups excluding carboxylic acids is 3.